The summed E-state index contributed by atoms with van der Waals surface area (Å²) in [4.78, 5) is 11.8. The fourth-order valence-corrected chi connectivity index (χ4v) is 2.64. The lowest BCUT2D eigenvalue weighted by atomic mass is 9.70. The number of benzene rings is 2. The molecule has 2 rings (SSSR count). The van der Waals surface area contributed by atoms with E-state index in [1.807, 2.05) is 67.6 Å². The Morgan fingerprint density at radius 3 is 2.20 bits per heavy atom. The highest BCUT2D eigenvalue weighted by atomic mass is 35.5. The van der Waals surface area contributed by atoms with E-state index in [2.05, 4.69) is 6.58 Å². The van der Waals surface area contributed by atoms with Crippen LogP contribution in [0.3, 0.4) is 0 Å². The summed E-state index contributed by atoms with van der Waals surface area (Å²) in [6.45, 7) is 5.84. The first-order valence-electron chi connectivity index (χ1n) is 6.51. The van der Waals surface area contributed by atoms with Crippen molar-refractivity contribution >= 4 is 17.9 Å². The SMILES string of the molecule is C=C[C@@H](c1ccccc1)[C@@](C)(C=O)c1ccc(Cl)cc1. The lowest BCUT2D eigenvalue weighted by Crippen LogP contribution is -2.31. The summed E-state index contributed by atoms with van der Waals surface area (Å²) in [5.74, 6) is -0.0811. The average Bonchev–Trinajstić information content (AvgIpc) is 2.49. The monoisotopic (exact) mass is 284 g/mol. The zero-order valence-corrected chi connectivity index (χ0v) is 12.2. The molecule has 2 aromatic carbocycles. The summed E-state index contributed by atoms with van der Waals surface area (Å²) in [6, 6.07) is 17.4. The molecular formula is C18H17ClO. The Balaban J connectivity index is 2.50. The summed E-state index contributed by atoms with van der Waals surface area (Å²) < 4.78 is 0. The van der Waals surface area contributed by atoms with Crippen molar-refractivity contribution in [2.45, 2.75) is 18.3 Å². The summed E-state index contributed by atoms with van der Waals surface area (Å²) in [5, 5.41) is 0.664. The molecule has 0 aromatic heterocycles. The molecule has 0 spiro atoms. The quantitative estimate of drug-likeness (QED) is 0.571. The fourth-order valence-electron chi connectivity index (χ4n) is 2.52. The van der Waals surface area contributed by atoms with Crippen molar-refractivity contribution < 1.29 is 4.79 Å². The van der Waals surface area contributed by atoms with Gasteiger partial charge in [0.1, 0.15) is 6.29 Å². The summed E-state index contributed by atoms with van der Waals surface area (Å²) in [5.41, 5.74) is 1.35. The van der Waals surface area contributed by atoms with Gasteiger partial charge in [-0.1, -0.05) is 60.1 Å². The van der Waals surface area contributed by atoms with Gasteiger partial charge >= 0.3 is 0 Å². The molecule has 0 N–H and O–H groups in total. The van der Waals surface area contributed by atoms with Crippen LogP contribution in [0.5, 0.6) is 0 Å². The Bertz CT molecular complexity index is 589. The Morgan fingerprint density at radius 2 is 1.70 bits per heavy atom. The molecule has 102 valence electrons. The van der Waals surface area contributed by atoms with Crippen LogP contribution in [0, 0.1) is 0 Å². The van der Waals surface area contributed by atoms with Gasteiger partial charge in [0.25, 0.3) is 0 Å². The standard InChI is InChI=1S/C18H17ClO/c1-3-17(14-7-5-4-6-8-14)18(2,13-20)15-9-11-16(19)12-10-15/h3-13,17H,1H2,2H3/t17-,18-/m0/s1. The lowest BCUT2D eigenvalue weighted by molar-refractivity contribution is -0.112. The summed E-state index contributed by atoms with van der Waals surface area (Å²) >= 11 is 5.93. The van der Waals surface area contributed by atoms with E-state index in [1.54, 1.807) is 0 Å². The first kappa shape index (κ1) is 14.5. The van der Waals surface area contributed by atoms with Crippen molar-refractivity contribution in [1.29, 1.82) is 0 Å². The molecule has 2 atom stereocenters. The second-order valence-corrected chi connectivity index (χ2v) is 5.47. The summed E-state index contributed by atoms with van der Waals surface area (Å²) in [7, 11) is 0. The topological polar surface area (TPSA) is 17.1 Å². The molecule has 2 heteroatoms. The molecule has 0 amide bonds. The normalized spacial score (nSPS) is 15.1. The van der Waals surface area contributed by atoms with E-state index in [0.29, 0.717) is 5.02 Å². The van der Waals surface area contributed by atoms with Crippen LogP contribution in [0.1, 0.15) is 24.0 Å². The zero-order chi connectivity index (χ0) is 14.6. The number of allylic oxidation sites excluding steroid dienone is 1. The van der Waals surface area contributed by atoms with Crippen LogP contribution < -0.4 is 0 Å². The van der Waals surface area contributed by atoms with Gasteiger partial charge in [-0.2, -0.15) is 0 Å². The van der Waals surface area contributed by atoms with Crippen molar-refractivity contribution in [3.63, 3.8) is 0 Å². The minimum Gasteiger partial charge on any atom is -0.302 e. The maximum Gasteiger partial charge on any atom is 0.131 e. The van der Waals surface area contributed by atoms with Gasteiger partial charge in [0.2, 0.25) is 0 Å². The van der Waals surface area contributed by atoms with Gasteiger partial charge in [-0.05, 0) is 30.2 Å². The highest BCUT2D eigenvalue weighted by Gasteiger charge is 2.35. The van der Waals surface area contributed by atoms with Crippen LogP contribution in [0.25, 0.3) is 0 Å². The van der Waals surface area contributed by atoms with Crippen LogP contribution >= 0.6 is 11.6 Å². The molecule has 1 nitrogen and oxygen atoms in total. The maximum absolute atomic E-state index is 11.8. The molecule has 0 aliphatic carbocycles. The van der Waals surface area contributed by atoms with E-state index >= 15 is 0 Å². The minimum absolute atomic E-state index is 0.0811. The van der Waals surface area contributed by atoms with E-state index in [4.69, 9.17) is 11.6 Å². The van der Waals surface area contributed by atoms with Gasteiger partial charge in [-0.25, -0.2) is 0 Å². The highest BCUT2D eigenvalue weighted by molar-refractivity contribution is 6.30. The number of hydrogen-bond donors (Lipinski definition) is 0. The molecule has 0 aliphatic heterocycles. The van der Waals surface area contributed by atoms with Gasteiger partial charge in [0.05, 0.1) is 5.41 Å². The third-order valence-electron chi connectivity index (χ3n) is 3.75. The third-order valence-corrected chi connectivity index (χ3v) is 4.00. The lowest BCUT2D eigenvalue weighted by Gasteiger charge is -2.32. The van der Waals surface area contributed by atoms with Crippen molar-refractivity contribution in [2.75, 3.05) is 0 Å². The van der Waals surface area contributed by atoms with Gasteiger partial charge in [-0.15, -0.1) is 6.58 Å². The van der Waals surface area contributed by atoms with E-state index in [9.17, 15) is 4.79 Å². The van der Waals surface area contributed by atoms with Crippen LogP contribution in [-0.2, 0) is 10.2 Å². The van der Waals surface area contributed by atoms with Crippen molar-refractivity contribution in [2.24, 2.45) is 0 Å². The fraction of sp³-hybridized carbons (Fsp3) is 0.167. The van der Waals surface area contributed by atoms with Crippen LogP contribution in [0.15, 0.2) is 67.3 Å². The molecule has 0 saturated carbocycles. The number of carbonyl (C=O) groups excluding carboxylic acids is 1. The summed E-state index contributed by atoms with van der Waals surface area (Å²) in [6.07, 6.45) is 2.83. The van der Waals surface area contributed by atoms with Crippen molar-refractivity contribution in [3.8, 4) is 0 Å². The molecule has 2 aromatic rings. The van der Waals surface area contributed by atoms with Crippen LogP contribution in [0.4, 0.5) is 0 Å². The molecular weight excluding hydrogens is 268 g/mol. The third kappa shape index (κ3) is 2.68. The largest absolute Gasteiger partial charge is 0.302 e. The number of rotatable bonds is 5. The van der Waals surface area contributed by atoms with Gasteiger partial charge in [-0.3, -0.25) is 0 Å². The number of carbonyl (C=O) groups is 1. The highest BCUT2D eigenvalue weighted by Crippen LogP contribution is 2.38. The number of halogens is 1. The predicted octanol–water partition coefficient (Wildman–Crippen LogP) is 4.77. The Morgan fingerprint density at radius 1 is 1.10 bits per heavy atom. The smallest absolute Gasteiger partial charge is 0.131 e. The number of hydrogen-bond acceptors (Lipinski definition) is 1. The maximum atomic E-state index is 11.8. The zero-order valence-electron chi connectivity index (χ0n) is 11.4. The number of aldehydes is 1. The first-order chi connectivity index (χ1) is 9.61. The molecule has 0 fully saturated rings. The Kier molecular flexibility index (Phi) is 4.41. The van der Waals surface area contributed by atoms with E-state index in [1.165, 1.54) is 0 Å². The average molecular weight is 285 g/mol. The second-order valence-electron chi connectivity index (χ2n) is 5.03. The Hall–Kier alpha value is -1.86. The predicted molar refractivity (Wildman–Crippen MR) is 84.2 cm³/mol. The van der Waals surface area contributed by atoms with Gasteiger partial charge in [0, 0.05) is 10.9 Å². The van der Waals surface area contributed by atoms with Crippen molar-refractivity contribution in [3.05, 3.63) is 83.4 Å². The van der Waals surface area contributed by atoms with Crippen LogP contribution in [0.2, 0.25) is 5.02 Å². The Labute approximate surface area is 124 Å². The molecule has 0 heterocycles. The van der Waals surface area contributed by atoms with E-state index in [0.717, 1.165) is 17.4 Å². The minimum atomic E-state index is -0.659. The molecule has 0 radical (unpaired) electrons. The van der Waals surface area contributed by atoms with E-state index in [-0.39, 0.29) is 5.92 Å². The van der Waals surface area contributed by atoms with Crippen LogP contribution in [-0.4, -0.2) is 6.29 Å². The van der Waals surface area contributed by atoms with Crippen molar-refractivity contribution in [1.82, 2.24) is 0 Å². The van der Waals surface area contributed by atoms with E-state index < -0.39 is 5.41 Å². The molecule has 0 bridgehead atoms. The second kappa shape index (κ2) is 6.06. The first-order valence-corrected chi connectivity index (χ1v) is 6.89. The van der Waals surface area contributed by atoms with Gasteiger partial charge < -0.3 is 4.79 Å². The molecule has 20 heavy (non-hydrogen) atoms. The molecule has 0 saturated heterocycles. The van der Waals surface area contributed by atoms with Gasteiger partial charge in [0.15, 0.2) is 0 Å². The molecule has 0 unspecified atom stereocenters. The molecule has 0 aliphatic rings.